The average Bonchev–Trinajstić information content (AvgIpc) is 2.98. The highest BCUT2D eigenvalue weighted by Gasteiger charge is 2.71. The number of quaternary nitrogens is 1. The van der Waals surface area contributed by atoms with E-state index in [0.717, 1.165) is 17.3 Å². The van der Waals surface area contributed by atoms with Crippen LogP contribution in [0.3, 0.4) is 0 Å². The molecule has 5 atom stereocenters. The van der Waals surface area contributed by atoms with Crippen molar-refractivity contribution in [2.24, 2.45) is 0 Å². The van der Waals surface area contributed by atoms with Crippen LogP contribution in [0.1, 0.15) is 22.6 Å². The Bertz CT molecular complexity index is 771. The lowest BCUT2D eigenvalue weighted by Crippen LogP contribution is -3.00. The predicted molar refractivity (Wildman–Crippen MR) is 103 cm³/mol. The SMILES string of the molecule is C[N+]1(C)[C@H]2CC(OC(=O)C(O)(c3cccs3)c3cccs3)C[C@H]1[C@H]1O[C@H]12.O.[Br-]. The maximum absolute atomic E-state index is 13.1. The Morgan fingerprint density at radius 3 is 2.07 bits per heavy atom. The lowest BCUT2D eigenvalue weighted by atomic mass is 9.95. The normalized spacial score (nSPS) is 31.9. The summed E-state index contributed by atoms with van der Waals surface area (Å²) in [6.45, 7) is 0. The molecule has 2 bridgehead atoms. The molecule has 0 aliphatic carbocycles. The molecule has 0 aromatic carbocycles. The largest absolute Gasteiger partial charge is 1.00 e. The molecule has 2 aromatic heterocycles. The quantitative estimate of drug-likeness (QED) is 0.322. The van der Waals surface area contributed by atoms with Crippen molar-refractivity contribution in [3.63, 3.8) is 0 Å². The van der Waals surface area contributed by atoms with Gasteiger partial charge in [0.05, 0.1) is 23.8 Å². The fourth-order valence-electron chi connectivity index (χ4n) is 4.83. The monoisotopic (exact) mass is 489 g/mol. The molecule has 3 aliphatic heterocycles. The van der Waals surface area contributed by atoms with Gasteiger partial charge in [-0.25, -0.2) is 4.79 Å². The number of halogens is 1. The molecular formula is C19H24BrNO5S2. The number of carbonyl (C=O) groups is 1. The fourth-order valence-corrected chi connectivity index (χ4v) is 6.54. The third-order valence-corrected chi connectivity index (χ3v) is 8.32. The molecule has 0 saturated carbocycles. The minimum Gasteiger partial charge on any atom is -1.00 e. The van der Waals surface area contributed by atoms with Crippen LogP contribution in [0.4, 0.5) is 0 Å². The van der Waals surface area contributed by atoms with Gasteiger partial charge in [0.15, 0.2) is 0 Å². The third kappa shape index (κ3) is 3.08. The molecule has 0 radical (unpaired) electrons. The van der Waals surface area contributed by atoms with Gasteiger partial charge in [-0.2, -0.15) is 0 Å². The minimum atomic E-state index is -1.72. The maximum Gasteiger partial charge on any atom is 0.349 e. The number of hydrogen-bond donors (Lipinski definition) is 1. The number of morpholine rings is 1. The van der Waals surface area contributed by atoms with Crippen molar-refractivity contribution in [2.45, 2.75) is 48.8 Å². The molecule has 3 fully saturated rings. The number of rotatable bonds is 4. The number of carbonyl (C=O) groups excluding carboxylic acids is 1. The zero-order valence-electron chi connectivity index (χ0n) is 15.6. The summed E-state index contributed by atoms with van der Waals surface area (Å²) in [5.41, 5.74) is -1.72. The summed E-state index contributed by atoms with van der Waals surface area (Å²) in [6, 6.07) is 8.01. The zero-order valence-corrected chi connectivity index (χ0v) is 18.8. The van der Waals surface area contributed by atoms with Crippen molar-refractivity contribution < 1.29 is 46.3 Å². The highest BCUT2D eigenvalue weighted by molar-refractivity contribution is 7.12. The summed E-state index contributed by atoms with van der Waals surface area (Å²) < 4.78 is 12.6. The highest BCUT2D eigenvalue weighted by Crippen LogP contribution is 2.52. The van der Waals surface area contributed by atoms with Gasteiger partial charge in [0.1, 0.15) is 30.4 Å². The van der Waals surface area contributed by atoms with Crippen LogP contribution in [0.5, 0.6) is 0 Å². The van der Waals surface area contributed by atoms with Gasteiger partial charge in [0.25, 0.3) is 0 Å². The van der Waals surface area contributed by atoms with E-state index >= 15 is 0 Å². The van der Waals surface area contributed by atoms with Gasteiger partial charge in [0, 0.05) is 12.8 Å². The molecule has 3 N–H and O–H groups in total. The van der Waals surface area contributed by atoms with Crippen LogP contribution >= 0.6 is 22.7 Å². The van der Waals surface area contributed by atoms with Crippen LogP contribution in [-0.4, -0.2) is 65.5 Å². The summed E-state index contributed by atoms with van der Waals surface area (Å²) in [7, 11) is 4.49. The van der Waals surface area contributed by atoms with E-state index in [-0.39, 0.29) is 28.6 Å². The van der Waals surface area contributed by atoms with Gasteiger partial charge in [-0.15, -0.1) is 22.7 Å². The molecule has 2 aromatic rings. The molecule has 154 valence electrons. The van der Waals surface area contributed by atoms with Crippen molar-refractivity contribution >= 4 is 28.6 Å². The smallest absolute Gasteiger partial charge is 0.349 e. The lowest BCUT2D eigenvalue weighted by Gasteiger charge is -2.45. The lowest BCUT2D eigenvalue weighted by molar-refractivity contribution is -0.938. The van der Waals surface area contributed by atoms with E-state index in [2.05, 4.69) is 14.1 Å². The fraction of sp³-hybridized carbons (Fsp3) is 0.526. The van der Waals surface area contributed by atoms with Crippen LogP contribution in [0.2, 0.25) is 0 Å². The number of epoxide rings is 1. The zero-order chi connectivity index (χ0) is 18.1. The summed E-state index contributed by atoms with van der Waals surface area (Å²) in [5.74, 6) is -0.561. The molecule has 28 heavy (non-hydrogen) atoms. The second kappa shape index (κ2) is 7.46. The summed E-state index contributed by atoms with van der Waals surface area (Å²) in [5, 5.41) is 15.1. The Labute approximate surface area is 182 Å². The average molecular weight is 490 g/mol. The molecule has 5 heterocycles. The van der Waals surface area contributed by atoms with E-state index in [4.69, 9.17) is 9.47 Å². The summed E-state index contributed by atoms with van der Waals surface area (Å²) in [6.07, 6.45) is 2.05. The van der Waals surface area contributed by atoms with E-state index in [9.17, 15) is 9.90 Å². The number of esters is 1. The first-order valence-corrected chi connectivity index (χ1v) is 10.7. The molecule has 9 heteroatoms. The Morgan fingerprint density at radius 1 is 1.14 bits per heavy atom. The number of ether oxygens (including phenoxy) is 2. The predicted octanol–water partition coefficient (Wildman–Crippen LogP) is -1.47. The first kappa shape index (κ1) is 21.9. The van der Waals surface area contributed by atoms with Gasteiger partial charge < -0.3 is 41.5 Å². The number of thiophene rings is 2. The van der Waals surface area contributed by atoms with Crippen LogP contribution in [-0.2, 0) is 19.9 Å². The number of hydrogen-bond acceptors (Lipinski definition) is 6. The van der Waals surface area contributed by atoms with E-state index in [1.165, 1.54) is 22.7 Å². The highest BCUT2D eigenvalue weighted by atomic mass is 79.9. The van der Waals surface area contributed by atoms with E-state index in [0.29, 0.717) is 34.0 Å². The number of fused-ring (bicyclic) bond motifs is 5. The molecule has 1 unspecified atom stereocenters. The van der Waals surface area contributed by atoms with E-state index in [1.54, 1.807) is 12.1 Å². The number of piperidine rings is 1. The van der Waals surface area contributed by atoms with Crippen LogP contribution in [0, 0.1) is 0 Å². The van der Waals surface area contributed by atoms with Crippen molar-refractivity contribution in [1.29, 1.82) is 0 Å². The van der Waals surface area contributed by atoms with Gasteiger partial charge in [-0.05, 0) is 22.9 Å². The molecular weight excluding hydrogens is 466 g/mol. The van der Waals surface area contributed by atoms with Gasteiger partial charge in [-0.1, -0.05) is 12.1 Å². The molecule has 0 amide bonds. The summed E-state index contributed by atoms with van der Waals surface area (Å²) in [4.78, 5) is 14.3. The second-order valence-electron chi connectivity index (χ2n) is 7.99. The number of aliphatic hydroxyl groups is 1. The first-order chi connectivity index (χ1) is 12.4. The van der Waals surface area contributed by atoms with Gasteiger partial charge in [-0.3, -0.25) is 0 Å². The second-order valence-corrected chi connectivity index (χ2v) is 9.89. The van der Waals surface area contributed by atoms with Crippen molar-refractivity contribution in [3.8, 4) is 0 Å². The first-order valence-electron chi connectivity index (χ1n) is 8.92. The standard InChI is InChI=1S/C19H22NO4S2.BrH.H2O/c1-20(2)12-9-11(10-13(20)17-16(12)24-17)23-18(21)19(22,14-5-3-7-25-14)15-6-4-8-26-15;;/h3-8,11-13,16-17,22H,9-10H2,1-2H3;1H;1H2/q+1;;/p-1/t11?,12-,13-,16-,17+;;/m0../s1. The molecule has 0 spiro atoms. The van der Waals surface area contributed by atoms with Gasteiger partial charge >= 0.3 is 5.97 Å². The van der Waals surface area contributed by atoms with Crippen molar-refractivity contribution in [2.75, 3.05) is 14.1 Å². The van der Waals surface area contributed by atoms with Crippen molar-refractivity contribution in [3.05, 3.63) is 44.8 Å². The maximum atomic E-state index is 13.1. The molecule has 3 saturated heterocycles. The van der Waals surface area contributed by atoms with E-state index in [1.807, 2.05) is 22.9 Å². The molecule has 3 aliphatic rings. The van der Waals surface area contributed by atoms with Crippen LogP contribution in [0.15, 0.2) is 35.0 Å². The third-order valence-electron chi connectivity index (χ3n) is 6.36. The molecule has 6 nitrogen and oxygen atoms in total. The minimum absolute atomic E-state index is 0. The Kier molecular flexibility index (Phi) is 5.83. The Hall–Kier alpha value is -0.810. The number of nitrogens with zero attached hydrogens (tertiary/aromatic N) is 1. The topological polar surface area (TPSA) is 90.6 Å². The Morgan fingerprint density at radius 2 is 1.64 bits per heavy atom. The number of likely N-dealkylation sites (N-methyl/N-ethyl adjacent to an activating group) is 1. The van der Waals surface area contributed by atoms with Crippen LogP contribution < -0.4 is 17.0 Å². The van der Waals surface area contributed by atoms with E-state index < -0.39 is 11.6 Å². The van der Waals surface area contributed by atoms with Crippen molar-refractivity contribution in [1.82, 2.24) is 0 Å². The van der Waals surface area contributed by atoms with Gasteiger partial charge in [0.2, 0.25) is 5.60 Å². The Balaban J connectivity index is 0.00000112. The summed E-state index contributed by atoms with van der Waals surface area (Å²) >= 11 is 2.74. The molecule has 5 rings (SSSR count). The van der Waals surface area contributed by atoms with Crippen LogP contribution in [0.25, 0.3) is 0 Å².